The van der Waals surface area contributed by atoms with E-state index in [1.54, 1.807) is 0 Å². The summed E-state index contributed by atoms with van der Waals surface area (Å²) in [5.41, 5.74) is 5.40. The number of nitrogens with zero attached hydrogens (tertiary/aromatic N) is 3. The molecule has 2 aliphatic rings. The molecule has 4 nitrogen and oxygen atoms in total. The van der Waals surface area contributed by atoms with Crippen LogP contribution in [0.2, 0.25) is 0 Å². The number of nitrogens with one attached hydrogen (secondary N) is 1. The van der Waals surface area contributed by atoms with Gasteiger partial charge in [-0.05, 0) is 43.0 Å². The van der Waals surface area contributed by atoms with Crippen LogP contribution >= 0.6 is 0 Å². The first-order valence-corrected chi connectivity index (χ1v) is 8.31. The van der Waals surface area contributed by atoms with Crippen LogP contribution in [0.5, 0.6) is 0 Å². The van der Waals surface area contributed by atoms with Crippen molar-refractivity contribution in [1.82, 2.24) is 14.9 Å². The van der Waals surface area contributed by atoms with E-state index in [2.05, 4.69) is 57.6 Å². The second-order valence-electron chi connectivity index (χ2n) is 6.56. The molecule has 0 amide bonds. The van der Waals surface area contributed by atoms with Crippen molar-refractivity contribution in [3.8, 4) is 0 Å². The molecule has 4 heteroatoms. The fourth-order valence-corrected chi connectivity index (χ4v) is 3.44. The summed E-state index contributed by atoms with van der Waals surface area (Å²) in [6.07, 6.45) is 9.37. The third-order valence-corrected chi connectivity index (χ3v) is 4.82. The predicted molar refractivity (Wildman–Crippen MR) is 93.4 cm³/mol. The van der Waals surface area contributed by atoms with Gasteiger partial charge in [0.15, 0.2) is 0 Å². The van der Waals surface area contributed by atoms with Gasteiger partial charge in [-0.25, -0.2) is 9.97 Å². The Morgan fingerprint density at radius 3 is 2.39 bits per heavy atom. The molecule has 0 saturated carbocycles. The molecule has 0 fully saturated rings. The Morgan fingerprint density at radius 2 is 1.78 bits per heavy atom. The van der Waals surface area contributed by atoms with E-state index in [1.807, 2.05) is 12.4 Å². The number of hydrogen-bond acceptors (Lipinski definition) is 4. The Balaban J connectivity index is 1.42. The van der Waals surface area contributed by atoms with Crippen molar-refractivity contribution in [2.45, 2.75) is 25.3 Å². The van der Waals surface area contributed by atoms with E-state index in [0.717, 1.165) is 43.9 Å². The molecule has 4 rings (SSSR count). The van der Waals surface area contributed by atoms with Gasteiger partial charge in [0.25, 0.3) is 0 Å². The van der Waals surface area contributed by atoms with Gasteiger partial charge in [0.05, 0.1) is 0 Å². The van der Waals surface area contributed by atoms with Crippen LogP contribution in [0, 0.1) is 0 Å². The van der Waals surface area contributed by atoms with Gasteiger partial charge in [-0.15, -0.1) is 0 Å². The zero-order valence-electron chi connectivity index (χ0n) is 13.5. The number of aromatic nitrogens is 2. The third kappa shape index (κ3) is 3.13. The summed E-state index contributed by atoms with van der Waals surface area (Å²) in [6.45, 7) is 2.11. The van der Waals surface area contributed by atoms with Crippen molar-refractivity contribution < 1.29 is 0 Å². The SMILES string of the molecule is CN1CC=C(c2cnc(NC3Cc4ccccc4C3)nc2)CC1. The molecule has 0 spiro atoms. The highest BCUT2D eigenvalue weighted by Crippen LogP contribution is 2.24. The third-order valence-electron chi connectivity index (χ3n) is 4.82. The minimum absolute atomic E-state index is 0.404. The Kier molecular flexibility index (Phi) is 3.83. The molecule has 0 atom stereocenters. The monoisotopic (exact) mass is 306 g/mol. The topological polar surface area (TPSA) is 41.1 Å². The summed E-state index contributed by atoms with van der Waals surface area (Å²) >= 11 is 0. The number of rotatable bonds is 3. The number of anilines is 1. The molecule has 118 valence electrons. The van der Waals surface area contributed by atoms with E-state index in [-0.39, 0.29) is 0 Å². The maximum absolute atomic E-state index is 4.52. The van der Waals surface area contributed by atoms with E-state index in [4.69, 9.17) is 0 Å². The van der Waals surface area contributed by atoms with E-state index in [9.17, 15) is 0 Å². The lowest BCUT2D eigenvalue weighted by Gasteiger charge is -2.21. The first kappa shape index (κ1) is 14.4. The quantitative estimate of drug-likeness (QED) is 0.947. The second kappa shape index (κ2) is 6.13. The van der Waals surface area contributed by atoms with Gasteiger partial charge in [0.1, 0.15) is 0 Å². The van der Waals surface area contributed by atoms with Gasteiger partial charge in [-0.3, -0.25) is 0 Å². The number of hydrogen-bond donors (Lipinski definition) is 1. The number of benzene rings is 1. The molecule has 1 aromatic heterocycles. The van der Waals surface area contributed by atoms with Crippen LogP contribution < -0.4 is 5.32 Å². The van der Waals surface area contributed by atoms with Gasteiger partial charge in [-0.1, -0.05) is 30.3 Å². The smallest absolute Gasteiger partial charge is 0.222 e. The summed E-state index contributed by atoms with van der Waals surface area (Å²) in [7, 11) is 2.15. The van der Waals surface area contributed by atoms with Gasteiger partial charge in [0, 0.05) is 37.1 Å². The fourth-order valence-electron chi connectivity index (χ4n) is 3.44. The Labute approximate surface area is 137 Å². The molecular formula is C19H22N4. The average Bonchev–Trinajstić information content (AvgIpc) is 2.98. The molecule has 1 N–H and O–H groups in total. The van der Waals surface area contributed by atoms with Crippen molar-refractivity contribution >= 4 is 11.5 Å². The van der Waals surface area contributed by atoms with Crippen molar-refractivity contribution in [3.63, 3.8) is 0 Å². The molecule has 0 bridgehead atoms. The van der Waals surface area contributed by atoms with Crippen LogP contribution in [0.25, 0.3) is 5.57 Å². The molecule has 0 radical (unpaired) electrons. The van der Waals surface area contributed by atoms with Crippen molar-refractivity contribution in [1.29, 1.82) is 0 Å². The van der Waals surface area contributed by atoms with E-state index in [1.165, 1.54) is 16.7 Å². The average molecular weight is 306 g/mol. The number of fused-ring (bicyclic) bond motifs is 1. The van der Waals surface area contributed by atoms with Gasteiger partial charge >= 0.3 is 0 Å². The summed E-state index contributed by atoms with van der Waals surface area (Å²) in [5, 5.41) is 3.48. The largest absolute Gasteiger partial charge is 0.351 e. The lowest BCUT2D eigenvalue weighted by Crippen LogP contribution is -2.24. The molecular weight excluding hydrogens is 284 g/mol. The summed E-state index contributed by atoms with van der Waals surface area (Å²) in [6, 6.07) is 9.06. The van der Waals surface area contributed by atoms with Crippen molar-refractivity contribution in [2.24, 2.45) is 0 Å². The van der Waals surface area contributed by atoms with Gasteiger partial charge < -0.3 is 10.2 Å². The lowest BCUT2D eigenvalue weighted by atomic mass is 10.0. The molecule has 1 aromatic carbocycles. The van der Waals surface area contributed by atoms with Crippen molar-refractivity contribution in [2.75, 3.05) is 25.5 Å². The zero-order chi connectivity index (χ0) is 15.6. The lowest BCUT2D eigenvalue weighted by molar-refractivity contribution is 0.370. The van der Waals surface area contributed by atoms with E-state index >= 15 is 0 Å². The van der Waals surface area contributed by atoms with E-state index in [0.29, 0.717) is 6.04 Å². The Hall–Kier alpha value is -2.20. The molecule has 2 aromatic rings. The van der Waals surface area contributed by atoms with Crippen LogP contribution in [0.3, 0.4) is 0 Å². The molecule has 2 heterocycles. The second-order valence-corrected chi connectivity index (χ2v) is 6.56. The minimum atomic E-state index is 0.404. The Bertz CT molecular complexity index is 695. The van der Waals surface area contributed by atoms with Crippen LogP contribution in [0.1, 0.15) is 23.1 Å². The van der Waals surface area contributed by atoms with Gasteiger partial charge in [-0.2, -0.15) is 0 Å². The molecule has 0 saturated heterocycles. The predicted octanol–water partition coefficient (Wildman–Crippen LogP) is 2.77. The highest BCUT2D eigenvalue weighted by atomic mass is 15.1. The van der Waals surface area contributed by atoms with E-state index < -0.39 is 0 Å². The summed E-state index contributed by atoms with van der Waals surface area (Å²) in [4.78, 5) is 11.4. The fraction of sp³-hybridized carbons (Fsp3) is 0.368. The Morgan fingerprint density at radius 1 is 1.09 bits per heavy atom. The normalized spacial score (nSPS) is 18.6. The van der Waals surface area contributed by atoms with Crippen molar-refractivity contribution in [3.05, 3.63) is 59.4 Å². The first-order valence-electron chi connectivity index (χ1n) is 8.31. The maximum atomic E-state index is 4.52. The van der Waals surface area contributed by atoms with Crippen LogP contribution in [0.15, 0.2) is 42.7 Å². The number of likely N-dealkylation sites (N-methyl/N-ethyl adjacent to an activating group) is 1. The molecule has 1 aliphatic carbocycles. The van der Waals surface area contributed by atoms with Crippen LogP contribution in [-0.4, -0.2) is 41.0 Å². The standard InChI is InChI=1S/C19H22N4/c1-23-8-6-14(7-9-23)17-12-20-19(21-13-17)22-18-10-15-4-2-3-5-16(15)11-18/h2-6,12-13,18H,7-11H2,1H3,(H,20,21,22). The van der Waals surface area contributed by atoms with Gasteiger partial charge in [0.2, 0.25) is 5.95 Å². The molecule has 23 heavy (non-hydrogen) atoms. The zero-order valence-corrected chi connectivity index (χ0v) is 13.5. The molecule has 1 aliphatic heterocycles. The molecule has 0 unspecified atom stereocenters. The highest BCUT2D eigenvalue weighted by Gasteiger charge is 2.21. The summed E-state index contributed by atoms with van der Waals surface area (Å²) in [5.74, 6) is 0.736. The summed E-state index contributed by atoms with van der Waals surface area (Å²) < 4.78 is 0. The van der Waals surface area contributed by atoms with Crippen LogP contribution in [0.4, 0.5) is 5.95 Å². The minimum Gasteiger partial charge on any atom is -0.351 e. The van der Waals surface area contributed by atoms with Crippen LogP contribution in [-0.2, 0) is 12.8 Å². The maximum Gasteiger partial charge on any atom is 0.222 e. The highest BCUT2D eigenvalue weighted by molar-refractivity contribution is 5.65. The first-order chi connectivity index (χ1) is 11.3.